The highest BCUT2D eigenvalue weighted by Crippen LogP contribution is 2.02. The van der Waals surface area contributed by atoms with E-state index in [0.29, 0.717) is 10.8 Å². The molecule has 0 aliphatic heterocycles. The van der Waals surface area contributed by atoms with E-state index >= 15 is 0 Å². The number of nitrogens with zero attached hydrogens (tertiary/aromatic N) is 3. The van der Waals surface area contributed by atoms with Crippen molar-refractivity contribution in [2.24, 2.45) is 5.18 Å². The van der Waals surface area contributed by atoms with Gasteiger partial charge in [0.1, 0.15) is 6.54 Å². The minimum Gasteiger partial charge on any atom is -0.152 e. The van der Waals surface area contributed by atoms with Crippen molar-refractivity contribution in [3.05, 3.63) is 27.9 Å². The Kier molecular flexibility index (Phi) is 2.28. The molecule has 1 aromatic heterocycles. The van der Waals surface area contributed by atoms with Gasteiger partial charge in [-0.3, -0.25) is 0 Å². The third-order valence-corrected chi connectivity index (χ3v) is 1.12. The fraction of sp³-hybridized carbons (Fsp3) is 0.200. The summed E-state index contributed by atoms with van der Waals surface area (Å²) in [6.07, 6.45) is 0. The second-order valence-electron chi connectivity index (χ2n) is 1.63. The van der Waals surface area contributed by atoms with E-state index in [1.807, 2.05) is 0 Å². The summed E-state index contributed by atoms with van der Waals surface area (Å²) in [5, 5.41) is 10.1. The highest BCUT2D eigenvalue weighted by molar-refractivity contribution is 6.29. The largest absolute Gasteiger partial charge is 0.152 e. The fourth-order valence-electron chi connectivity index (χ4n) is 0.494. The zero-order valence-electron chi connectivity index (χ0n) is 4.99. The third-order valence-electron chi connectivity index (χ3n) is 0.914. The van der Waals surface area contributed by atoms with Crippen LogP contribution in [-0.2, 0) is 6.54 Å². The van der Waals surface area contributed by atoms with Gasteiger partial charge in [0.25, 0.3) is 0 Å². The molecule has 0 amide bonds. The summed E-state index contributed by atoms with van der Waals surface area (Å²) < 4.78 is 0. The predicted octanol–water partition coefficient (Wildman–Crippen LogP) is 1.40. The summed E-state index contributed by atoms with van der Waals surface area (Å²) in [5.74, 6) is 0. The van der Waals surface area contributed by atoms with Gasteiger partial charge in [-0.15, -0.1) is 5.10 Å². The van der Waals surface area contributed by atoms with Crippen LogP contribution >= 0.6 is 11.6 Å². The second-order valence-corrected chi connectivity index (χ2v) is 2.02. The predicted molar refractivity (Wildman–Crippen MR) is 36.5 cm³/mol. The first-order valence-corrected chi connectivity index (χ1v) is 2.98. The van der Waals surface area contributed by atoms with Gasteiger partial charge in [0.2, 0.25) is 0 Å². The van der Waals surface area contributed by atoms with Gasteiger partial charge < -0.3 is 0 Å². The lowest BCUT2D eigenvalue weighted by Gasteiger charge is -1.89. The molecule has 0 atom stereocenters. The Morgan fingerprint density at radius 2 is 2.30 bits per heavy atom. The summed E-state index contributed by atoms with van der Waals surface area (Å²) >= 11 is 5.43. The Bertz CT molecular complexity index is 223. The van der Waals surface area contributed by atoms with Crippen LogP contribution in [0, 0.1) is 4.91 Å². The summed E-state index contributed by atoms with van der Waals surface area (Å²) in [4.78, 5) is 9.71. The van der Waals surface area contributed by atoms with E-state index in [4.69, 9.17) is 11.6 Å². The van der Waals surface area contributed by atoms with Gasteiger partial charge in [-0.2, -0.15) is 10.0 Å². The lowest BCUT2D eigenvalue weighted by Crippen LogP contribution is -1.89. The quantitative estimate of drug-likeness (QED) is 0.610. The fourth-order valence-corrected chi connectivity index (χ4v) is 0.595. The van der Waals surface area contributed by atoms with Crippen molar-refractivity contribution in [1.29, 1.82) is 0 Å². The average molecular weight is 158 g/mol. The Morgan fingerprint density at radius 3 is 2.80 bits per heavy atom. The summed E-state index contributed by atoms with van der Waals surface area (Å²) in [5.41, 5.74) is 0.527. The van der Waals surface area contributed by atoms with Gasteiger partial charge in [0.15, 0.2) is 5.15 Å². The van der Waals surface area contributed by atoms with E-state index in [1.54, 1.807) is 12.1 Å². The average Bonchev–Trinajstić information content (AvgIpc) is 1.95. The van der Waals surface area contributed by atoms with Crippen LogP contribution in [0.5, 0.6) is 0 Å². The molecule has 0 N–H and O–H groups in total. The monoisotopic (exact) mass is 157 g/mol. The lowest BCUT2D eigenvalue weighted by atomic mass is 10.4. The van der Waals surface area contributed by atoms with Crippen molar-refractivity contribution < 1.29 is 0 Å². The van der Waals surface area contributed by atoms with E-state index in [9.17, 15) is 4.91 Å². The molecule has 0 saturated heterocycles. The minimum absolute atomic E-state index is 0.0458. The standard InChI is InChI=1S/C5H4ClN3O/c6-5-2-1-4(3-7-10)8-9-5/h1-2H,3H2. The number of aromatic nitrogens is 2. The van der Waals surface area contributed by atoms with Crippen molar-refractivity contribution in [2.75, 3.05) is 0 Å². The molecular weight excluding hydrogens is 154 g/mol. The highest BCUT2D eigenvalue weighted by Gasteiger charge is 1.93. The normalized spacial score (nSPS) is 9.30. The second kappa shape index (κ2) is 3.22. The SMILES string of the molecule is O=NCc1ccc(Cl)nn1. The molecule has 0 aromatic carbocycles. The van der Waals surface area contributed by atoms with Crippen molar-refractivity contribution in [2.45, 2.75) is 6.54 Å². The Morgan fingerprint density at radius 1 is 1.50 bits per heavy atom. The lowest BCUT2D eigenvalue weighted by molar-refractivity contribution is 0.894. The molecule has 5 heteroatoms. The van der Waals surface area contributed by atoms with Crippen LogP contribution in [0.25, 0.3) is 0 Å². The van der Waals surface area contributed by atoms with Crippen molar-refractivity contribution in [1.82, 2.24) is 10.2 Å². The molecule has 0 fully saturated rings. The van der Waals surface area contributed by atoms with Gasteiger partial charge in [-0.25, -0.2) is 0 Å². The van der Waals surface area contributed by atoms with Gasteiger partial charge >= 0.3 is 0 Å². The molecule has 0 saturated carbocycles. The molecular formula is C5H4ClN3O. The maximum atomic E-state index is 9.71. The number of hydrogen-bond donors (Lipinski definition) is 0. The molecule has 1 aromatic rings. The van der Waals surface area contributed by atoms with Crippen molar-refractivity contribution >= 4 is 11.6 Å². The van der Waals surface area contributed by atoms with Gasteiger partial charge in [0.05, 0.1) is 5.69 Å². The maximum absolute atomic E-state index is 9.71. The summed E-state index contributed by atoms with van der Waals surface area (Å²) in [6.45, 7) is 0.0458. The highest BCUT2D eigenvalue weighted by atomic mass is 35.5. The van der Waals surface area contributed by atoms with Crippen LogP contribution < -0.4 is 0 Å². The van der Waals surface area contributed by atoms with Gasteiger partial charge in [-0.05, 0) is 12.1 Å². The number of rotatable bonds is 2. The van der Waals surface area contributed by atoms with Crippen LogP contribution in [0.4, 0.5) is 0 Å². The van der Waals surface area contributed by atoms with Gasteiger partial charge in [0, 0.05) is 0 Å². The molecule has 52 valence electrons. The van der Waals surface area contributed by atoms with Crippen molar-refractivity contribution in [3.63, 3.8) is 0 Å². The third kappa shape index (κ3) is 1.73. The zero-order chi connectivity index (χ0) is 7.40. The first kappa shape index (κ1) is 7.08. The van der Waals surface area contributed by atoms with Crippen LogP contribution in [0.3, 0.4) is 0 Å². The molecule has 1 rings (SSSR count). The molecule has 4 nitrogen and oxygen atoms in total. The van der Waals surface area contributed by atoms with Crippen LogP contribution in [0.15, 0.2) is 17.3 Å². The number of nitroso groups, excluding NO2 is 1. The van der Waals surface area contributed by atoms with E-state index in [0.717, 1.165) is 0 Å². The maximum Gasteiger partial charge on any atom is 0.151 e. The zero-order valence-corrected chi connectivity index (χ0v) is 5.75. The Labute approximate surface area is 62.2 Å². The molecule has 0 bridgehead atoms. The topological polar surface area (TPSA) is 55.2 Å². The summed E-state index contributed by atoms with van der Waals surface area (Å²) in [7, 11) is 0. The van der Waals surface area contributed by atoms with E-state index in [2.05, 4.69) is 15.4 Å². The van der Waals surface area contributed by atoms with Crippen LogP contribution in [-0.4, -0.2) is 10.2 Å². The number of halogens is 1. The first-order chi connectivity index (χ1) is 4.83. The Hall–Kier alpha value is -1.03. The Balaban J connectivity index is 2.78. The molecule has 0 spiro atoms. The van der Waals surface area contributed by atoms with Gasteiger partial charge in [-0.1, -0.05) is 16.8 Å². The smallest absolute Gasteiger partial charge is 0.151 e. The molecule has 1 heterocycles. The summed E-state index contributed by atoms with van der Waals surface area (Å²) in [6, 6.07) is 3.17. The van der Waals surface area contributed by atoms with Crippen molar-refractivity contribution in [3.8, 4) is 0 Å². The molecule has 0 aliphatic carbocycles. The first-order valence-electron chi connectivity index (χ1n) is 2.60. The molecule has 10 heavy (non-hydrogen) atoms. The van der Waals surface area contributed by atoms with E-state index in [-0.39, 0.29) is 6.54 Å². The minimum atomic E-state index is 0.0458. The van der Waals surface area contributed by atoms with E-state index < -0.39 is 0 Å². The molecule has 0 radical (unpaired) electrons. The molecule has 0 aliphatic rings. The molecule has 0 unspecified atom stereocenters. The number of hydrogen-bond acceptors (Lipinski definition) is 4. The van der Waals surface area contributed by atoms with Crippen LogP contribution in [0.1, 0.15) is 5.69 Å². The van der Waals surface area contributed by atoms with E-state index in [1.165, 1.54) is 0 Å². The van der Waals surface area contributed by atoms with Crippen LogP contribution in [0.2, 0.25) is 5.15 Å².